The second kappa shape index (κ2) is 6.35. The molecule has 1 saturated heterocycles. The number of halogens is 1. The Morgan fingerprint density at radius 3 is 2.67 bits per heavy atom. The minimum atomic E-state index is 0.217. The molecule has 3 heteroatoms. The molecule has 0 spiro atoms. The van der Waals surface area contributed by atoms with Crippen molar-refractivity contribution in [1.29, 1.82) is 0 Å². The van der Waals surface area contributed by atoms with Crippen molar-refractivity contribution in [2.24, 2.45) is 5.92 Å². The molecule has 0 saturated carbocycles. The van der Waals surface area contributed by atoms with Crippen molar-refractivity contribution < 1.29 is 4.74 Å². The number of benzene rings is 2. The van der Waals surface area contributed by atoms with Crippen LogP contribution < -0.4 is 5.32 Å². The van der Waals surface area contributed by atoms with Gasteiger partial charge in [0.15, 0.2) is 0 Å². The molecule has 1 fully saturated rings. The molecule has 0 bridgehead atoms. The average molecular weight is 304 g/mol. The number of ether oxygens (including phenoxy) is 1. The summed E-state index contributed by atoms with van der Waals surface area (Å²) in [7, 11) is 0. The van der Waals surface area contributed by atoms with Crippen LogP contribution in [-0.4, -0.2) is 19.3 Å². The minimum Gasteiger partial charge on any atom is -0.376 e. The van der Waals surface area contributed by atoms with Crippen molar-refractivity contribution in [2.75, 3.05) is 13.2 Å². The monoisotopic (exact) mass is 303 g/mol. The number of fused-ring (bicyclic) bond motifs is 1. The van der Waals surface area contributed by atoms with Crippen LogP contribution in [0, 0.1) is 5.92 Å². The fourth-order valence-corrected chi connectivity index (χ4v) is 3.55. The summed E-state index contributed by atoms with van der Waals surface area (Å²) >= 11 is 6.35. The van der Waals surface area contributed by atoms with Crippen LogP contribution in [0.5, 0.6) is 0 Å². The molecule has 0 aromatic heterocycles. The molecule has 2 aromatic rings. The van der Waals surface area contributed by atoms with Crippen molar-refractivity contribution in [3.63, 3.8) is 0 Å². The molecule has 1 N–H and O–H groups in total. The smallest absolute Gasteiger partial charge is 0.0796 e. The first-order valence-electron chi connectivity index (χ1n) is 7.74. The van der Waals surface area contributed by atoms with Crippen LogP contribution >= 0.6 is 11.6 Å². The zero-order valence-electron chi connectivity index (χ0n) is 12.6. The molecule has 3 rings (SSSR count). The molecule has 1 aliphatic rings. The third-order valence-corrected chi connectivity index (χ3v) is 4.77. The topological polar surface area (TPSA) is 21.3 Å². The lowest BCUT2D eigenvalue weighted by Gasteiger charge is -2.28. The van der Waals surface area contributed by atoms with Crippen molar-refractivity contribution in [3.8, 4) is 0 Å². The van der Waals surface area contributed by atoms with Crippen LogP contribution in [-0.2, 0) is 4.74 Å². The van der Waals surface area contributed by atoms with Crippen LogP contribution in [0.2, 0.25) is 5.02 Å². The Bertz CT molecular complexity index is 628. The van der Waals surface area contributed by atoms with E-state index in [9.17, 15) is 0 Å². The molecule has 112 valence electrons. The third-order valence-electron chi connectivity index (χ3n) is 4.44. The summed E-state index contributed by atoms with van der Waals surface area (Å²) in [6.07, 6.45) is 1.37. The summed E-state index contributed by atoms with van der Waals surface area (Å²) in [6, 6.07) is 12.7. The van der Waals surface area contributed by atoms with Crippen LogP contribution in [0.25, 0.3) is 10.8 Å². The van der Waals surface area contributed by atoms with Crippen molar-refractivity contribution >= 4 is 22.4 Å². The Hall–Kier alpha value is -1.09. The first-order valence-corrected chi connectivity index (χ1v) is 8.12. The van der Waals surface area contributed by atoms with Crippen molar-refractivity contribution in [2.45, 2.75) is 32.4 Å². The SMILES string of the molecule is CCNC(c1ccc(Cl)c2ccccc12)C1OCCC1C. The molecule has 2 nitrogen and oxygen atoms in total. The van der Waals surface area contributed by atoms with Gasteiger partial charge in [0.1, 0.15) is 0 Å². The maximum absolute atomic E-state index is 6.35. The predicted octanol–water partition coefficient (Wildman–Crippen LogP) is 4.57. The van der Waals surface area contributed by atoms with Gasteiger partial charge in [0.2, 0.25) is 0 Å². The van der Waals surface area contributed by atoms with Gasteiger partial charge in [-0.3, -0.25) is 0 Å². The summed E-state index contributed by atoms with van der Waals surface area (Å²) in [6.45, 7) is 6.21. The molecular weight excluding hydrogens is 282 g/mol. The first kappa shape index (κ1) is 14.8. The summed E-state index contributed by atoms with van der Waals surface area (Å²) in [5, 5.41) is 6.76. The number of hydrogen-bond acceptors (Lipinski definition) is 2. The molecule has 3 unspecified atom stereocenters. The Labute approximate surface area is 131 Å². The van der Waals surface area contributed by atoms with Gasteiger partial charge in [-0.25, -0.2) is 0 Å². The quantitative estimate of drug-likeness (QED) is 0.893. The molecule has 0 aliphatic carbocycles. The number of rotatable bonds is 4. The van der Waals surface area contributed by atoms with E-state index < -0.39 is 0 Å². The second-order valence-electron chi connectivity index (χ2n) is 5.82. The second-order valence-corrected chi connectivity index (χ2v) is 6.23. The Balaban J connectivity index is 2.09. The fourth-order valence-electron chi connectivity index (χ4n) is 3.32. The van der Waals surface area contributed by atoms with E-state index in [0.29, 0.717) is 5.92 Å². The normalized spacial score (nSPS) is 23.6. The molecule has 1 heterocycles. The van der Waals surface area contributed by atoms with E-state index in [1.54, 1.807) is 0 Å². The maximum Gasteiger partial charge on any atom is 0.0796 e. The summed E-state index contributed by atoms with van der Waals surface area (Å²) < 4.78 is 6.02. The summed E-state index contributed by atoms with van der Waals surface area (Å²) in [4.78, 5) is 0. The number of nitrogens with one attached hydrogen (secondary N) is 1. The van der Waals surface area contributed by atoms with Gasteiger partial charge in [0, 0.05) is 17.0 Å². The van der Waals surface area contributed by atoms with E-state index in [4.69, 9.17) is 16.3 Å². The van der Waals surface area contributed by atoms with Gasteiger partial charge in [-0.2, -0.15) is 0 Å². The molecule has 0 radical (unpaired) electrons. The van der Waals surface area contributed by atoms with E-state index in [0.717, 1.165) is 30.0 Å². The lowest BCUT2D eigenvalue weighted by atomic mass is 9.89. The number of likely N-dealkylation sites (N-methyl/N-ethyl adjacent to an activating group) is 1. The van der Waals surface area contributed by atoms with Crippen molar-refractivity contribution in [3.05, 3.63) is 47.0 Å². The van der Waals surface area contributed by atoms with Gasteiger partial charge < -0.3 is 10.1 Å². The van der Waals surface area contributed by atoms with Gasteiger partial charge in [-0.15, -0.1) is 0 Å². The largest absolute Gasteiger partial charge is 0.376 e. The van der Waals surface area contributed by atoms with Crippen LogP contribution in [0.15, 0.2) is 36.4 Å². The zero-order chi connectivity index (χ0) is 14.8. The van der Waals surface area contributed by atoms with E-state index in [2.05, 4.69) is 43.4 Å². The van der Waals surface area contributed by atoms with E-state index >= 15 is 0 Å². The van der Waals surface area contributed by atoms with Gasteiger partial charge in [-0.05, 0) is 35.9 Å². The minimum absolute atomic E-state index is 0.217. The van der Waals surface area contributed by atoms with Crippen LogP contribution in [0.3, 0.4) is 0 Å². The van der Waals surface area contributed by atoms with Crippen LogP contribution in [0.1, 0.15) is 31.9 Å². The maximum atomic E-state index is 6.35. The molecule has 2 aromatic carbocycles. The molecule has 3 atom stereocenters. The first-order chi connectivity index (χ1) is 10.2. The van der Waals surface area contributed by atoms with Crippen molar-refractivity contribution in [1.82, 2.24) is 5.32 Å². The highest BCUT2D eigenvalue weighted by molar-refractivity contribution is 6.35. The highest BCUT2D eigenvalue weighted by Crippen LogP contribution is 2.36. The molecule has 1 aliphatic heterocycles. The average Bonchev–Trinajstić information content (AvgIpc) is 2.92. The lowest BCUT2D eigenvalue weighted by molar-refractivity contribution is 0.0616. The van der Waals surface area contributed by atoms with Crippen LogP contribution in [0.4, 0.5) is 0 Å². The summed E-state index contributed by atoms with van der Waals surface area (Å²) in [5.74, 6) is 0.573. The standard InChI is InChI=1S/C18H22ClNO/c1-3-20-17(18-12(2)10-11-21-18)15-8-9-16(19)14-7-5-4-6-13(14)15/h4-9,12,17-18,20H,3,10-11H2,1-2H3. The zero-order valence-corrected chi connectivity index (χ0v) is 13.4. The Morgan fingerprint density at radius 2 is 2.00 bits per heavy atom. The highest BCUT2D eigenvalue weighted by atomic mass is 35.5. The molecule has 21 heavy (non-hydrogen) atoms. The number of hydrogen-bond donors (Lipinski definition) is 1. The predicted molar refractivity (Wildman–Crippen MR) is 88.9 cm³/mol. The van der Waals surface area contributed by atoms with E-state index in [1.165, 1.54) is 10.9 Å². The third kappa shape index (κ3) is 2.80. The lowest BCUT2D eigenvalue weighted by Crippen LogP contribution is -2.34. The molecule has 0 amide bonds. The van der Waals surface area contributed by atoms with Gasteiger partial charge in [0.25, 0.3) is 0 Å². The van der Waals surface area contributed by atoms with Gasteiger partial charge >= 0.3 is 0 Å². The molecular formula is C18H22ClNO. The van der Waals surface area contributed by atoms with E-state index in [-0.39, 0.29) is 12.1 Å². The van der Waals surface area contributed by atoms with E-state index in [1.807, 2.05) is 12.1 Å². The fraction of sp³-hybridized carbons (Fsp3) is 0.444. The van der Waals surface area contributed by atoms with Gasteiger partial charge in [-0.1, -0.05) is 55.8 Å². The van der Waals surface area contributed by atoms with Gasteiger partial charge in [0.05, 0.1) is 12.1 Å². The Morgan fingerprint density at radius 1 is 1.24 bits per heavy atom. The summed E-state index contributed by atoms with van der Waals surface area (Å²) in [5.41, 5.74) is 1.29. The Kier molecular flexibility index (Phi) is 4.48. The highest BCUT2D eigenvalue weighted by Gasteiger charge is 2.33.